The Bertz CT molecular complexity index is 882. The van der Waals surface area contributed by atoms with Gasteiger partial charge in [-0.15, -0.1) is 0 Å². The lowest BCUT2D eigenvalue weighted by molar-refractivity contribution is 0.212. The van der Waals surface area contributed by atoms with Crippen molar-refractivity contribution >= 4 is 0 Å². The summed E-state index contributed by atoms with van der Waals surface area (Å²) in [4.78, 5) is 4.36. The monoisotopic (exact) mass is 376 g/mol. The van der Waals surface area contributed by atoms with Crippen LogP contribution in [0.15, 0.2) is 66.9 Å². The number of aromatic nitrogens is 1. The van der Waals surface area contributed by atoms with Crippen LogP contribution in [0.25, 0.3) is 0 Å². The van der Waals surface area contributed by atoms with Gasteiger partial charge in [0, 0.05) is 31.8 Å². The molecule has 5 nitrogen and oxygen atoms in total. The maximum absolute atomic E-state index is 5.63. The Morgan fingerprint density at radius 3 is 2.57 bits per heavy atom. The number of benzene rings is 2. The van der Waals surface area contributed by atoms with E-state index < -0.39 is 0 Å². The highest BCUT2D eigenvalue weighted by molar-refractivity contribution is 5.39. The number of ether oxygens (including phenoxy) is 3. The maximum Gasteiger partial charge on any atom is 0.213 e. The Hall–Kier alpha value is -3.05. The standard InChI is InChI=1S/C23H24N2O3/c1-2-4-21(5-3-1)26-12-13-28-23-9-7-19(17-25-23)16-24-15-18-6-8-22-20(14-18)10-11-27-22/h1-9,14,17,24H,10-13,15-16H2. The molecule has 3 aromatic rings. The second kappa shape index (κ2) is 9.24. The van der Waals surface area contributed by atoms with Crippen molar-refractivity contribution in [3.63, 3.8) is 0 Å². The first-order valence-corrected chi connectivity index (χ1v) is 9.58. The number of pyridine rings is 1. The molecule has 1 N–H and O–H groups in total. The molecule has 0 atom stereocenters. The van der Waals surface area contributed by atoms with E-state index in [4.69, 9.17) is 14.2 Å². The topological polar surface area (TPSA) is 52.6 Å². The molecule has 0 unspecified atom stereocenters. The molecule has 1 aliphatic rings. The van der Waals surface area contributed by atoms with E-state index in [9.17, 15) is 0 Å². The average molecular weight is 376 g/mol. The zero-order valence-electron chi connectivity index (χ0n) is 15.8. The molecule has 0 aliphatic carbocycles. The minimum Gasteiger partial charge on any atom is -0.493 e. The van der Waals surface area contributed by atoms with Crippen molar-refractivity contribution in [2.24, 2.45) is 0 Å². The third kappa shape index (κ3) is 5.02. The minimum atomic E-state index is 0.460. The molecule has 0 saturated carbocycles. The maximum atomic E-state index is 5.63. The Labute approximate surface area is 165 Å². The summed E-state index contributed by atoms with van der Waals surface area (Å²) in [5.74, 6) is 2.48. The minimum absolute atomic E-state index is 0.460. The molecule has 1 aromatic heterocycles. The first-order valence-electron chi connectivity index (χ1n) is 9.58. The molecule has 0 amide bonds. The third-order valence-electron chi connectivity index (χ3n) is 4.55. The quantitative estimate of drug-likeness (QED) is 0.576. The van der Waals surface area contributed by atoms with Gasteiger partial charge in [-0.2, -0.15) is 0 Å². The summed E-state index contributed by atoms with van der Waals surface area (Å²) < 4.78 is 16.8. The van der Waals surface area contributed by atoms with Crippen LogP contribution in [0, 0.1) is 0 Å². The highest BCUT2D eigenvalue weighted by atomic mass is 16.5. The lowest BCUT2D eigenvalue weighted by atomic mass is 10.1. The van der Waals surface area contributed by atoms with E-state index in [2.05, 4.69) is 28.5 Å². The normalized spacial score (nSPS) is 12.3. The second-order valence-electron chi connectivity index (χ2n) is 6.66. The van der Waals surface area contributed by atoms with Crippen LogP contribution in [0.5, 0.6) is 17.4 Å². The van der Waals surface area contributed by atoms with Gasteiger partial charge in [-0.3, -0.25) is 0 Å². The fourth-order valence-corrected chi connectivity index (χ4v) is 3.12. The van der Waals surface area contributed by atoms with Crippen LogP contribution in [0.2, 0.25) is 0 Å². The van der Waals surface area contributed by atoms with Gasteiger partial charge in [0.25, 0.3) is 0 Å². The fourth-order valence-electron chi connectivity index (χ4n) is 3.12. The van der Waals surface area contributed by atoms with Crippen molar-refractivity contribution in [2.75, 3.05) is 19.8 Å². The first-order chi connectivity index (χ1) is 13.9. The van der Waals surface area contributed by atoms with Gasteiger partial charge in [0.15, 0.2) is 0 Å². The summed E-state index contributed by atoms with van der Waals surface area (Å²) in [6, 6.07) is 20.0. The third-order valence-corrected chi connectivity index (χ3v) is 4.55. The van der Waals surface area contributed by atoms with Crippen molar-refractivity contribution in [3.8, 4) is 17.4 Å². The van der Waals surface area contributed by atoms with E-state index >= 15 is 0 Å². The van der Waals surface area contributed by atoms with Crippen molar-refractivity contribution in [1.29, 1.82) is 0 Å². The zero-order chi connectivity index (χ0) is 19.0. The number of hydrogen-bond acceptors (Lipinski definition) is 5. The Kier molecular flexibility index (Phi) is 6.05. The highest BCUT2D eigenvalue weighted by Gasteiger charge is 2.11. The van der Waals surface area contributed by atoms with Gasteiger partial charge >= 0.3 is 0 Å². The van der Waals surface area contributed by atoms with Gasteiger partial charge < -0.3 is 19.5 Å². The molecule has 0 fully saturated rings. The molecule has 0 saturated heterocycles. The molecule has 2 aromatic carbocycles. The predicted octanol–water partition coefficient (Wildman–Crippen LogP) is 3.76. The Balaban J connectivity index is 1.17. The van der Waals surface area contributed by atoms with E-state index in [1.54, 1.807) is 0 Å². The summed E-state index contributed by atoms with van der Waals surface area (Å²) in [6.07, 6.45) is 2.85. The van der Waals surface area contributed by atoms with Crippen molar-refractivity contribution in [3.05, 3.63) is 83.6 Å². The SMILES string of the molecule is c1ccc(OCCOc2ccc(CNCc3ccc4c(c3)CCO4)cn2)cc1. The number of nitrogens with zero attached hydrogens (tertiary/aromatic N) is 1. The molecular formula is C23H24N2O3. The smallest absolute Gasteiger partial charge is 0.213 e. The second-order valence-corrected chi connectivity index (χ2v) is 6.66. The molecule has 1 aliphatic heterocycles. The van der Waals surface area contributed by atoms with Crippen molar-refractivity contribution in [1.82, 2.24) is 10.3 Å². The average Bonchev–Trinajstić information content (AvgIpc) is 3.21. The fraction of sp³-hybridized carbons (Fsp3) is 0.261. The number of fused-ring (bicyclic) bond motifs is 1. The van der Waals surface area contributed by atoms with Gasteiger partial charge in [-0.25, -0.2) is 4.98 Å². The number of nitrogens with one attached hydrogen (secondary N) is 1. The van der Waals surface area contributed by atoms with Gasteiger partial charge in [0.05, 0.1) is 6.61 Å². The van der Waals surface area contributed by atoms with Crippen molar-refractivity contribution < 1.29 is 14.2 Å². The Morgan fingerprint density at radius 2 is 1.71 bits per heavy atom. The zero-order valence-corrected chi connectivity index (χ0v) is 15.8. The summed E-state index contributed by atoms with van der Waals surface area (Å²) in [5, 5.41) is 3.46. The molecule has 2 heterocycles. The van der Waals surface area contributed by atoms with Crippen LogP contribution in [0.3, 0.4) is 0 Å². The number of rotatable bonds is 9. The molecular weight excluding hydrogens is 352 g/mol. The molecule has 144 valence electrons. The van der Waals surface area contributed by atoms with E-state index in [1.165, 1.54) is 11.1 Å². The van der Waals surface area contributed by atoms with E-state index in [-0.39, 0.29) is 0 Å². The molecule has 0 bridgehead atoms. The van der Waals surface area contributed by atoms with E-state index in [0.717, 1.165) is 43.2 Å². The van der Waals surface area contributed by atoms with Crippen LogP contribution in [0.1, 0.15) is 16.7 Å². The number of para-hydroxylation sites is 1. The summed E-state index contributed by atoms with van der Waals surface area (Å²) >= 11 is 0. The van der Waals surface area contributed by atoms with E-state index in [0.29, 0.717) is 19.1 Å². The molecule has 5 heteroatoms. The first kappa shape index (κ1) is 18.3. The van der Waals surface area contributed by atoms with Gasteiger partial charge in [0.2, 0.25) is 5.88 Å². The molecule has 0 radical (unpaired) electrons. The van der Waals surface area contributed by atoms with Crippen LogP contribution in [0.4, 0.5) is 0 Å². The largest absolute Gasteiger partial charge is 0.493 e. The molecule has 28 heavy (non-hydrogen) atoms. The van der Waals surface area contributed by atoms with E-state index in [1.807, 2.05) is 48.7 Å². The molecule has 0 spiro atoms. The number of hydrogen-bond donors (Lipinski definition) is 1. The highest BCUT2D eigenvalue weighted by Crippen LogP contribution is 2.25. The predicted molar refractivity (Wildman–Crippen MR) is 108 cm³/mol. The Morgan fingerprint density at radius 1 is 0.893 bits per heavy atom. The summed E-state index contributed by atoms with van der Waals surface area (Å²) in [5.41, 5.74) is 3.70. The molecule has 4 rings (SSSR count). The lowest BCUT2D eigenvalue weighted by Crippen LogP contribution is -2.13. The van der Waals surface area contributed by atoms with Crippen LogP contribution in [-0.4, -0.2) is 24.8 Å². The van der Waals surface area contributed by atoms with Gasteiger partial charge in [-0.05, 0) is 34.9 Å². The summed E-state index contributed by atoms with van der Waals surface area (Å²) in [6.45, 7) is 3.33. The van der Waals surface area contributed by atoms with Crippen molar-refractivity contribution in [2.45, 2.75) is 19.5 Å². The summed E-state index contributed by atoms with van der Waals surface area (Å²) in [7, 11) is 0. The van der Waals surface area contributed by atoms with Gasteiger partial charge in [0.1, 0.15) is 24.7 Å². The van der Waals surface area contributed by atoms with Crippen LogP contribution < -0.4 is 19.5 Å². The van der Waals surface area contributed by atoms with Crippen LogP contribution >= 0.6 is 0 Å². The van der Waals surface area contributed by atoms with Gasteiger partial charge in [-0.1, -0.05) is 36.4 Å². The van der Waals surface area contributed by atoms with Crippen LogP contribution in [-0.2, 0) is 19.5 Å². The lowest BCUT2D eigenvalue weighted by Gasteiger charge is -2.09.